The van der Waals surface area contributed by atoms with E-state index >= 15 is 0 Å². The number of thioether (sulfide) groups is 1. The van der Waals surface area contributed by atoms with Crippen LogP contribution in [0.25, 0.3) is 10.9 Å². The van der Waals surface area contributed by atoms with E-state index in [4.69, 9.17) is 23.2 Å². The number of aryl methyl sites for hydroxylation is 1. The van der Waals surface area contributed by atoms with Gasteiger partial charge in [0, 0.05) is 11.1 Å². The van der Waals surface area contributed by atoms with Crippen LogP contribution >= 0.6 is 35.0 Å². The van der Waals surface area contributed by atoms with Crippen molar-refractivity contribution in [2.45, 2.75) is 17.7 Å². The quantitative estimate of drug-likeness (QED) is 0.515. The van der Waals surface area contributed by atoms with Crippen LogP contribution in [0.2, 0.25) is 10.0 Å². The van der Waals surface area contributed by atoms with E-state index in [1.807, 2.05) is 25.1 Å². The SMILES string of the molecule is Cc1cc(SCc2ccc(Cl)c(Cl)c2)nc2ccc(F)cc12. The number of rotatable bonds is 3. The molecule has 0 aliphatic rings. The van der Waals surface area contributed by atoms with Gasteiger partial charge < -0.3 is 0 Å². The Morgan fingerprint density at radius 1 is 1.05 bits per heavy atom. The second-order valence-corrected chi connectivity index (χ2v) is 6.79. The second kappa shape index (κ2) is 6.45. The molecule has 1 heterocycles. The zero-order chi connectivity index (χ0) is 15.7. The fourth-order valence-corrected chi connectivity index (χ4v) is 3.43. The van der Waals surface area contributed by atoms with Gasteiger partial charge in [0.2, 0.25) is 0 Å². The number of benzene rings is 2. The van der Waals surface area contributed by atoms with Crippen LogP contribution in [-0.4, -0.2) is 4.98 Å². The van der Waals surface area contributed by atoms with Gasteiger partial charge in [-0.2, -0.15) is 0 Å². The summed E-state index contributed by atoms with van der Waals surface area (Å²) in [7, 11) is 0. The molecule has 3 rings (SSSR count). The monoisotopic (exact) mass is 351 g/mol. The lowest BCUT2D eigenvalue weighted by Gasteiger charge is -2.07. The van der Waals surface area contributed by atoms with Crippen LogP contribution in [0.5, 0.6) is 0 Å². The fraction of sp³-hybridized carbons (Fsp3) is 0.118. The van der Waals surface area contributed by atoms with Crippen molar-refractivity contribution < 1.29 is 4.39 Å². The van der Waals surface area contributed by atoms with Crippen molar-refractivity contribution in [3.8, 4) is 0 Å². The number of nitrogens with zero attached hydrogens (tertiary/aromatic N) is 1. The lowest BCUT2D eigenvalue weighted by molar-refractivity contribution is 0.629. The normalized spacial score (nSPS) is 11.1. The molecule has 0 radical (unpaired) electrons. The summed E-state index contributed by atoms with van der Waals surface area (Å²) in [5, 5.41) is 2.86. The van der Waals surface area contributed by atoms with Crippen molar-refractivity contribution in [1.82, 2.24) is 4.98 Å². The van der Waals surface area contributed by atoms with Crippen LogP contribution < -0.4 is 0 Å². The number of hydrogen-bond donors (Lipinski definition) is 0. The highest BCUT2D eigenvalue weighted by molar-refractivity contribution is 7.98. The topological polar surface area (TPSA) is 12.9 Å². The molecule has 0 N–H and O–H groups in total. The van der Waals surface area contributed by atoms with E-state index in [2.05, 4.69) is 4.98 Å². The molecule has 1 aromatic heterocycles. The van der Waals surface area contributed by atoms with Crippen LogP contribution in [0.4, 0.5) is 4.39 Å². The third-order valence-electron chi connectivity index (χ3n) is 3.32. The van der Waals surface area contributed by atoms with E-state index in [1.54, 1.807) is 23.9 Å². The third-order valence-corrected chi connectivity index (χ3v) is 5.05. The van der Waals surface area contributed by atoms with Crippen LogP contribution in [0.1, 0.15) is 11.1 Å². The van der Waals surface area contributed by atoms with Crippen LogP contribution in [0, 0.1) is 12.7 Å². The Bertz CT molecular complexity index is 851. The molecule has 0 fully saturated rings. The Labute approximate surface area is 142 Å². The maximum absolute atomic E-state index is 13.3. The Kier molecular flexibility index (Phi) is 4.57. The minimum Gasteiger partial charge on any atom is -0.241 e. The summed E-state index contributed by atoms with van der Waals surface area (Å²) in [6, 6.07) is 12.2. The Hall–Kier alpha value is -1.29. The first kappa shape index (κ1) is 15.6. The molecule has 0 aliphatic heterocycles. The van der Waals surface area contributed by atoms with Crippen LogP contribution in [0.15, 0.2) is 47.5 Å². The number of halogens is 3. The summed E-state index contributed by atoms with van der Waals surface area (Å²) in [4.78, 5) is 4.57. The highest BCUT2D eigenvalue weighted by Crippen LogP contribution is 2.29. The second-order valence-electron chi connectivity index (χ2n) is 4.98. The first-order chi connectivity index (χ1) is 10.5. The van der Waals surface area contributed by atoms with Crippen molar-refractivity contribution in [3.05, 3.63) is 69.5 Å². The molecule has 0 unspecified atom stereocenters. The lowest BCUT2D eigenvalue weighted by atomic mass is 10.1. The predicted molar refractivity (Wildman–Crippen MR) is 92.5 cm³/mol. The summed E-state index contributed by atoms with van der Waals surface area (Å²) in [6.07, 6.45) is 0. The molecule has 0 aliphatic carbocycles. The molecular formula is C17H12Cl2FNS. The molecule has 112 valence electrons. The van der Waals surface area contributed by atoms with Crippen molar-refractivity contribution >= 4 is 45.9 Å². The van der Waals surface area contributed by atoms with Crippen molar-refractivity contribution in [1.29, 1.82) is 0 Å². The van der Waals surface area contributed by atoms with Gasteiger partial charge in [-0.1, -0.05) is 29.3 Å². The fourth-order valence-electron chi connectivity index (χ4n) is 2.20. The van der Waals surface area contributed by atoms with Crippen molar-refractivity contribution in [2.75, 3.05) is 0 Å². The van der Waals surface area contributed by atoms with Gasteiger partial charge in [-0.25, -0.2) is 9.37 Å². The number of hydrogen-bond acceptors (Lipinski definition) is 2. The van der Waals surface area contributed by atoms with E-state index in [0.29, 0.717) is 10.0 Å². The van der Waals surface area contributed by atoms with E-state index in [0.717, 1.165) is 32.8 Å². The van der Waals surface area contributed by atoms with Crippen molar-refractivity contribution in [3.63, 3.8) is 0 Å². The average molecular weight is 352 g/mol. The van der Waals surface area contributed by atoms with E-state index in [9.17, 15) is 4.39 Å². The Morgan fingerprint density at radius 3 is 2.64 bits per heavy atom. The summed E-state index contributed by atoms with van der Waals surface area (Å²) < 4.78 is 13.3. The molecule has 22 heavy (non-hydrogen) atoms. The smallest absolute Gasteiger partial charge is 0.123 e. The van der Waals surface area contributed by atoms with Gasteiger partial charge >= 0.3 is 0 Å². The minimum atomic E-state index is -0.242. The summed E-state index contributed by atoms with van der Waals surface area (Å²) >= 11 is 13.6. The highest BCUT2D eigenvalue weighted by atomic mass is 35.5. The predicted octanol–water partition coefficient (Wildman–Crippen LogP) is 6.28. The zero-order valence-corrected chi connectivity index (χ0v) is 14.1. The number of aromatic nitrogens is 1. The molecule has 0 bridgehead atoms. The summed E-state index contributed by atoms with van der Waals surface area (Å²) in [6.45, 7) is 1.96. The third kappa shape index (κ3) is 3.37. The Morgan fingerprint density at radius 2 is 1.86 bits per heavy atom. The minimum absolute atomic E-state index is 0.242. The molecule has 0 atom stereocenters. The highest BCUT2D eigenvalue weighted by Gasteiger charge is 2.06. The first-order valence-electron chi connectivity index (χ1n) is 6.66. The molecule has 5 heteroatoms. The number of pyridine rings is 1. The molecule has 1 nitrogen and oxygen atoms in total. The van der Waals surface area contributed by atoms with Crippen LogP contribution in [-0.2, 0) is 5.75 Å². The molecular weight excluding hydrogens is 340 g/mol. The summed E-state index contributed by atoms with van der Waals surface area (Å²) in [5.74, 6) is 0.504. The molecule has 2 aromatic carbocycles. The standard InChI is InChI=1S/C17H12Cl2FNS/c1-10-6-17(21-16-5-3-12(20)8-13(10)16)22-9-11-2-4-14(18)15(19)7-11/h2-8H,9H2,1H3. The van der Waals surface area contributed by atoms with Gasteiger partial charge in [-0.3, -0.25) is 0 Å². The van der Waals surface area contributed by atoms with E-state index < -0.39 is 0 Å². The van der Waals surface area contributed by atoms with Gasteiger partial charge in [0.1, 0.15) is 5.82 Å². The first-order valence-corrected chi connectivity index (χ1v) is 8.41. The molecule has 0 spiro atoms. The largest absolute Gasteiger partial charge is 0.241 e. The molecule has 3 aromatic rings. The molecule has 0 saturated carbocycles. The number of fused-ring (bicyclic) bond motifs is 1. The van der Waals surface area contributed by atoms with Gasteiger partial charge in [0.25, 0.3) is 0 Å². The van der Waals surface area contributed by atoms with Crippen molar-refractivity contribution in [2.24, 2.45) is 0 Å². The van der Waals surface area contributed by atoms with Gasteiger partial charge in [-0.05, 0) is 54.4 Å². The van der Waals surface area contributed by atoms with E-state index in [-0.39, 0.29) is 5.82 Å². The average Bonchev–Trinajstić information content (AvgIpc) is 2.49. The van der Waals surface area contributed by atoms with Crippen LogP contribution in [0.3, 0.4) is 0 Å². The van der Waals surface area contributed by atoms with Gasteiger partial charge in [-0.15, -0.1) is 11.8 Å². The van der Waals surface area contributed by atoms with Gasteiger partial charge in [0.15, 0.2) is 0 Å². The maximum atomic E-state index is 13.3. The molecule has 0 amide bonds. The van der Waals surface area contributed by atoms with Gasteiger partial charge in [0.05, 0.1) is 20.6 Å². The summed E-state index contributed by atoms with van der Waals surface area (Å²) in [5.41, 5.74) is 2.90. The zero-order valence-electron chi connectivity index (χ0n) is 11.7. The lowest BCUT2D eigenvalue weighted by Crippen LogP contribution is -1.89. The maximum Gasteiger partial charge on any atom is 0.123 e. The molecule has 0 saturated heterocycles. The van der Waals surface area contributed by atoms with E-state index in [1.165, 1.54) is 12.1 Å². The Balaban J connectivity index is 1.84.